The first-order valence-electron chi connectivity index (χ1n) is 9.16. The van der Waals surface area contributed by atoms with Gasteiger partial charge in [0.25, 0.3) is 0 Å². The quantitative estimate of drug-likeness (QED) is 0.560. The van der Waals surface area contributed by atoms with Crippen LogP contribution in [-0.4, -0.2) is 6.71 Å². The van der Waals surface area contributed by atoms with Gasteiger partial charge in [-0.15, -0.1) is 0 Å². The van der Waals surface area contributed by atoms with Crippen molar-refractivity contribution < 1.29 is 0 Å². The lowest BCUT2D eigenvalue weighted by atomic mass is 9.24. The molecule has 0 nitrogen and oxygen atoms in total. The van der Waals surface area contributed by atoms with Crippen molar-refractivity contribution >= 4 is 6.71 Å². The Labute approximate surface area is 120 Å². The van der Waals surface area contributed by atoms with Crippen LogP contribution in [0.2, 0.25) is 18.0 Å². The number of fused-ring (bicyclic) bond motifs is 4. The van der Waals surface area contributed by atoms with Crippen LogP contribution in [0.5, 0.6) is 0 Å². The monoisotopic (exact) mass is 258 g/mol. The summed E-state index contributed by atoms with van der Waals surface area (Å²) in [7, 11) is 0. The number of rotatable bonds is 2. The van der Waals surface area contributed by atoms with E-state index in [1.54, 1.807) is 64.1 Å². The van der Waals surface area contributed by atoms with Crippen LogP contribution in [0, 0.1) is 23.2 Å². The molecule has 4 bridgehead atoms. The molecule has 5 aliphatic rings. The maximum Gasteiger partial charge on any atom is 0.146 e. The first kappa shape index (κ1) is 12.8. The second kappa shape index (κ2) is 4.53. The molecule has 0 amide bonds. The Bertz CT molecular complexity index is 324. The molecule has 0 radical (unpaired) electrons. The standard InChI is InChI=1S/C18H31B/c1-18(2)14-10-9-13(17(18)11-14)12-19-15-5-3-6-16(19)8-4-7-15/h13-17H,3-12H2,1-2H3. The zero-order chi connectivity index (χ0) is 13.0. The molecular weight excluding hydrogens is 227 g/mol. The van der Waals surface area contributed by atoms with Gasteiger partial charge in [0.2, 0.25) is 0 Å². The maximum atomic E-state index is 2.57. The smallest absolute Gasteiger partial charge is 0.0706 e. The predicted octanol–water partition coefficient (Wildman–Crippen LogP) is 5.66. The average molecular weight is 258 g/mol. The lowest BCUT2D eigenvalue weighted by Gasteiger charge is -2.61. The van der Waals surface area contributed by atoms with Crippen LogP contribution in [0.25, 0.3) is 0 Å². The summed E-state index contributed by atoms with van der Waals surface area (Å²) in [6.45, 7) is 6.28. The zero-order valence-electron chi connectivity index (χ0n) is 13.0. The summed E-state index contributed by atoms with van der Waals surface area (Å²) in [5.74, 6) is 5.54. The third kappa shape index (κ3) is 1.94. The molecule has 0 aromatic carbocycles. The van der Waals surface area contributed by atoms with Crippen LogP contribution < -0.4 is 0 Å². The van der Waals surface area contributed by atoms with Crippen LogP contribution in [0.1, 0.15) is 71.6 Å². The minimum atomic E-state index is 0.701. The molecule has 19 heavy (non-hydrogen) atoms. The second-order valence-electron chi connectivity index (χ2n) is 8.98. The number of hydrogen-bond donors (Lipinski definition) is 0. The van der Waals surface area contributed by atoms with Crippen LogP contribution >= 0.6 is 0 Å². The zero-order valence-corrected chi connectivity index (χ0v) is 13.0. The third-order valence-electron chi connectivity index (χ3n) is 8.09. The lowest BCUT2D eigenvalue weighted by molar-refractivity contribution is -0.0991. The van der Waals surface area contributed by atoms with E-state index in [0.29, 0.717) is 5.41 Å². The fourth-order valence-corrected chi connectivity index (χ4v) is 6.79. The molecule has 5 rings (SSSR count). The SMILES string of the molecule is CC1(C)C2CCC(CB3C4CCCC3CCC4)C1C2. The highest BCUT2D eigenvalue weighted by Crippen LogP contribution is 2.63. The Hall–Kier alpha value is 0.0649. The molecule has 3 aliphatic carbocycles. The van der Waals surface area contributed by atoms with Gasteiger partial charge >= 0.3 is 0 Å². The lowest BCUT2D eigenvalue weighted by Crippen LogP contribution is -2.53. The van der Waals surface area contributed by atoms with Crippen molar-refractivity contribution in [2.24, 2.45) is 23.2 Å². The second-order valence-corrected chi connectivity index (χ2v) is 8.98. The summed E-state index contributed by atoms with van der Waals surface area (Å²) < 4.78 is 0. The van der Waals surface area contributed by atoms with E-state index < -0.39 is 0 Å². The number of hydrogen-bond acceptors (Lipinski definition) is 0. The highest BCUT2D eigenvalue weighted by molar-refractivity contribution is 6.62. The van der Waals surface area contributed by atoms with E-state index in [1.165, 1.54) is 0 Å². The molecule has 0 aromatic heterocycles. The summed E-state index contributed by atoms with van der Waals surface area (Å²) in [6, 6.07) is 0. The normalized spacial score (nSPS) is 47.7. The van der Waals surface area contributed by atoms with Crippen molar-refractivity contribution in [3.05, 3.63) is 0 Å². The van der Waals surface area contributed by atoms with Gasteiger partial charge < -0.3 is 0 Å². The van der Waals surface area contributed by atoms with Gasteiger partial charge in [0.1, 0.15) is 6.71 Å². The van der Waals surface area contributed by atoms with Crippen LogP contribution in [0.15, 0.2) is 0 Å². The van der Waals surface area contributed by atoms with Crippen LogP contribution in [0.3, 0.4) is 0 Å². The van der Waals surface area contributed by atoms with Gasteiger partial charge in [-0.1, -0.05) is 76.7 Å². The predicted molar refractivity (Wildman–Crippen MR) is 83.9 cm³/mol. The van der Waals surface area contributed by atoms with Crippen molar-refractivity contribution in [2.45, 2.75) is 89.6 Å². The van der Waals surface area contributed by atoms with E-state index in [1.807, 2.05) is 0 Å². The molecule has 106 valence electrons. The summed E-state index contributed by atoms with van der Waals surface area (Å²) >= 11 is 0. The first-order valence-corrected chi connectivity index (χ1v) is 9.16. The third-order valence-corrected chi connectivity index (χ3v) is 8.09. The molecule has 2 heterocycles. The summed E-state index contributed by atoms with van der Waals surface area (Å²) in [5, 5.41) is 0. The Morgan fingerprint density at radius 1 is 0.895 bits per heavy atom. The molecule has 3 atom stereocenters. The molecule has 0 aromatic rings. The van der Waals surface area contributed by atoms with Crippen molar-refractivity contribution in [3.8, 4) is 0 Å². The molecule has 3 unspecified atom stereocenters. The molecule has 1 heteroatoms. The van der Waals surface area contributed by atoms with E-state index in [-0.39, 0.29) is 0 Å². The minimum Gasteiger partial charge on any atom is -0.0706 e. The molecule has 0 N–H and O–H groups in total. The summed E-state index contributed by atoms with van der Waals surface area (Å²) in [4.78, 5) is 0. The first-order chi connectivity index (χ1) is 9.16. The molecule has 2 saturated heterocycles. The summed E-state index contributed by atoms with van der Waals surface area (Å²) in [5.41, 5.74) is 0.701. The van der Waals surface area contributed by atoms with E-state index in [0.717, 1.165) is 36.1 Å². The highest BCUT2D eigenvalue weighted by Gasteiger charge is 2.55. The van der Waals surface area contributed by atoms with Gasteiger partial charge in [0, 0.05) is 0 Å². The maximum absolute atomic E-state index is 2.57. The largest absolute Gasteiger partial charge is 0.146 e. The Morgan fingerprint density at radius 3 is 2.05 bits per heavy atom. The van der Waals surface area contributed by atoms with Crippen LogP contribution in [0.4, 0.5) is 0 Å². The Morgan fingerprint density at radius 2 is 1.53 bits per heavy atom. The molecule has 2 aliphatic heterocycles. The fourth-order valence-electron chi connectivity index (χ4n) is 6.79. The van der Waals surface area contributed by atoms with Gasteiger partial charge in [0.15, 0.2) is 0 Å². The topological polar surface area (TPSA) is 0 Å². The van der Waals surface area contributed by atoms with Gasteiger partial charge in [0.05, 0.1) is 0 Å². The van der Waals surface area contributed by atoms with Gasteiger partial charge in [-0.3, -0.25) is 0 Å². The van der Waals surface area contributed by atoms with Gasteiger partial charge in [-0.05, 0) is 36.0 Å². The molecule has 5 fully saturated rings. The van der Waals surface area contributed by atoms with Crippen LogP contribution in [-0.2, 0) is 0 Å². The van der Waals surface area contributed by atoms with E-state index >= 15 is 0 Å². The van der Waals surface area contributed by atoms with Gasteiger partial charge in [-0.2, -0.15) is 0 Å². The molecule has 3 saturated carbocycles. The van der Waals surface area contributed by atoms with Crippen molar-refractivity contribution in [3.63, 3.8) is 0 Å². The highest BCUT2D eigenvalue weighted by atomic mass is 14.6. The van der Waals surface area contributed by atoms with Gasteiger partial charge in [-0.25, -0.2) is 0 Å². The average Bonchev–Trinajstić information content (AvgIpc) is 2.38. The van der Waals surface area contributed by atoms with E-state index in [4.69, 9.17) is 0 Å². The fraction of sp³-hybridized carbons (Fsp3) is 1.00. The Balaban J connectivity index is 1.46. The molecule has 0 spiro atoms. The summed E-state index contributed by atoms with van der Waals surface area (Å²) in [6.07, 6.45) is 15.7. The van der Waals surface area contributed by atoms with Crippen molar-refractivity contribution in [1.82, 2.24) is 0 Å². The van der Waals surface area contributed by atoms with Crippen molar-refractivity contribution in [1.29, 1.82) is 0 Å². The Kier molecular flexibility index (Phi) is 3.05. The van der Waals surface area contributed by atoms with E-state index in [2.05, 4.69) is 13.8 Å². The van der Waals surface area contributed by atoms with Crippen molar-refractivity contribution in [2.75, 3.05) is 0 Å². The minimum absolute atomic E-state index is 0.701. The molecular formula is C18H31B. The van der Waals surface area contributed by atoms with E-state index in [9.17, 15) is 0 Å².